The molecule has 0 radical (unpaired) electrons. The summed E-state index contributed by atoms with van der Waals surface area (Å²) in [4.78, 5) is 29.4. The van der Waals surface area contributed by atoms with Crippen LogP contribution >= 0.6 is 0 Å². The number of hydrogen-bond acceptors (Lipinski definition) is 7. The van der Waals surface area contributed by atoms with Crippen molar-refractivity contribution in [2.45, 2.75) is 19.6 Å². The van der Waals surface area contributed by atoms with E-state index >= 15 is 0 Å². The Bertz CT molecular complexity index is 1430. The smallest absolute Gasteiger partial charge is 0.342 e. The molecule has 5 rings (SSSR count). The lowest BCUT2D eigenvalue weighted by atomic mass is 10.1. The van der Waals surface area contributed by atoms with Crippen molar-refractivity contribution in [1.82, 2.24) is 15.0 Å². The SMILES string of the molecule is O=[N+]([O-])c1c(N(Cc2ccccc2)Cc2ccccc2)ncnc1N(Cc1ccccc1)c1ccccn1. The van der Waals surface area contributed by atoms with Crippen LogP contribution in [0.4, 0.5) is 23.1 Å². The van der Waals surface area contributed by atoms with Crippen LogP contribution in [-0.4, -0.2) is 19.9 Å². The van der Waals surface area contributed by atoms with Crippen molar-refractivity contribution in [3.8, 4) is 0 Å². The highest BCUT2D eigenvalue weighted by Gasteiger charge is 2.31. The highest BCUT2D eigenvalue weighted by atomic mass is 16.6. The van der Waals surface area contributed by atoms with Gasteiger partial charge in [-0.15, -0.1) is 0 Å². The molecule has 0 N–H and O–H groups in total. The van der Waals surface area contributed by atoms with Crippen molar-refractivity contribution < 1.29 is 4.92 Å². The summed E-state index contributed by atoms with van der Waals surface area (Å²) < 4.78 is 0. The number of aromatic nitrogens is 3. The van der Waals surface area contributed by atoms with Crippen LogP contribution in [0.5, 0.6) is 0 Å². The Balaban J connectivity index is 1.63. The third-order valence-electron chi connectivity index (χ3n) is 6.06. The van der Waals surface area contributed by atoms with Gasteiger partial charge in [-0.25, -0.2) is 15.0 Å². The van der Waals surface area contributed by atoms with E-state index < -0.39 is 4.92 Å². The van der Waals surface area contributed by atoms with Gasteiger partial charge < -0.3 is 9.80 Å². The number of nitro groups is 1. The molecule has 188 valence electrons. The fourth-order valence-corrected chi connectivity index (χ4v) is 4.31. The molecule has 0 aliphatic heterocycles. The molecular formula is C30H26N6O2. The number of nitrogens with zero attached hydrogens (tertiary/aromatic N) is 6. The van der Waals surface area contributed by atoms with Crippen molar-refractivity contribution in [3.63, 3.8) is 0 Å². The van der Waals surface area contributed by atoms with Crippen LogP contribution < -0.4 is 9.80 Å². The lowest BCUT2D eigenvalue weighted by Crippen LogP contribution is -2.26. The molecule has 0 unspecified atom stereocenters. The molecule has 0 amide bonds. The van der Waals surface area contributed by atoms with Crippen LogP contribution in [0.15, 0.2) is 122 Å². The van der Waals surface area contributed by atoms with Gasteiger partial charge in [0.25, 0.3) is 0 Å². The first-order valence-corrected chi connectivity index (χ1v) is 12.2. The van der Waals surface area contributed by atoms with Crippen molar-refractivity contribution in [1.29, 1.82) is 0 Å². The summed E-state index contributed by atoms with van der Waals surface area (Å²) in [6.07, 6.45) is 3.06. The van der Waals surface area contributed by atoms with Gasteiger partial charge in [0, 0.05) is 19.3 Å². The summed E-state index contributed by atoms with van der Waals surface area (Å²) in [5.74, 6) is 0.997. The average molecular weight is 503 g/mol. The maximum Gasteiger partial charge on any atom is 0.354 e. The monoisotopic (exact) mass is 502 g/mol. The van der Waals surface area contributed by atoms with Crippen LogP contribution in [0.3, 0.4) is 0 Å². The minimum absolute atomic E-state index is 0.166. The van der Waals surface area contributed by atoms with Gasteiger partial charge >= 0.3 is 5.69 Å². The van der Waals surface area contributed by atoms with Gasteiger partial charge in [0.15, 0.2) is 0 Å². The van der Waals surface area contributed by atoms with E-state index in [0.29, 0.717) is 25.5 Å². The molecule has 0 fully saturated rings. The first-order valence-electron chi connectivity index (χ1n) is 12.2. The molecule has 38 heavy (non-hydrogen) atoms. The first-order chi connectivity index (χ1) is 18.7. The van der Waals surface area contributed by atoms with E-state index in [1.54, 1.807) is 11.1 Å². The summed E-state index contributed by atoms with van der Waals surface area (Å²) in [5, 5.41) is 12.7. The Kier molecular flexibility index (Phi) is 7.60. The highest BCUT2D eigenvalue weighted by Crippen LogP contribution is 2.38. The van der Waals surface area contributed by atoms with Crippen LogP contribution in [0.1, 0.15) is 16.7 Å². The number of hydrogen-bond donors (Lipinski definition) is 0. The van der Waals surface area contributed by atoms with E-state index in [1.807, 2.05) is 114 Å². The van der Waals surface area contributed by atoms with Crippen molar-refractivity contribution >= 4 is 23.1 Å². The molecule has 8 heteroatoms. The van der Waals surface area contributed by atoms with Crippen LogP contribution in [0.25, 0.3) is 0 Å². The number of anilines is 3. The highest BCUT2D eigenvalue weighted by molar-refractivity contribution is 5.75. The third kappa shape index (κ3) is 5.82. The molecule has 2 aromatic heterocycles. The maximum atomic E-state index is 12.7. The molecule has 0 atom stereocenters. The summed E-state index contributed by atoms with van der Waals surface area (Å²) in [6.45, 7) is 1.23. The third-order valence-corrected chi connectivity index (χ3v) is 6.06. The Labute approximate surface area is 221 Å². The van der Waals surface area contributed by atoms with E-state index in [9.17, 15) is 10.1 Å². The van der Waals surface area contributed by atoms with Crippen molar-refractivity contribution in [2.24, 2.45) is 0 Å². The van der Waals surface area contributed by atoms with Gasteiger partial charge in [-0.1, -0.05) is 97.1 Å². The molecule has 2 heterocycles. The first kappa shape index (κ1) is 24.6. The Morgan fingerprint density at radius 2 is 1.11 bits per heavy atom. The lowest BCUT2D eigenvalue weighted by molar-refractivity contribution is -0.383. The summed E-state index contributed by atoms with van der Waals surface area (Å²) in [6, 6.07) is 35.0. The molecular weight excluding hydrogens is 476 g/mol. The van der Waals surface area contributed by atoms with Gasteiger partial charge in [0.2, 0.25) is 11.6 Å². The second-order valence-corrected chi connectivity index (χ2v) is 8.71. The van der Waals surface area contributed by atoms with Crippen LogP contribution in [0.2, 0.25) is 0 Å². The zero-order chi connectivity index (χ0) is 26.2. The molecule has 0 bridgehead atoms. The lowest BCUT2D eigenvalue weighted by Gasteiger charge is -2.27. The molecule has 0 saturated heterocycles. The predicted molar refractivity (Wildman–Crippen MR) is 148 cm³/mol. The Morgan fingerprint density at radius 1 is 0.605 bits per heavy atom. The summed E-state index contributed by atoms with van der Waals surface area (Å²) in [5.41, 5.74) is 2.84. The van der Waals surface area contributed by atoms with Crippen LogP contribution in [-0.2, 0) is 19.6 Å². The maximum absolute atomic E-state index is 12.7. The van der Waals surface area contributed by atoms with E-state index in [4.69, 9.17) is 0 Å². The number of rotatable bonds is 10. The molecule has 8 nitrogen and oxygen atoms in total. The zero-order valence-electron chi connectivity index (χ0n) is 20.7. The van der Waals surface area contributed by atoms with Crippen LogP contribution in [0, 0.1) is 10.1 Å². The summed E-state index contributed by atoms with van der Waals surface area (Å²) in [7, 11) is 0. The molecule has 0 aliphatic carbocycles. The van der Waals surface area contributed by atoms with E-state index in [2.05, 4.69) is 15.0 Å². The second-order valence-electron chi connectivity index (χ2n) is 8.71. The van der Waals surface area contributed by atoms with E-state index in [1.165, 1.54) is 6.33 Å². The second kappa shape index (κ2) is 11.7. The molecule has 0 spiro atoms. The summed E-state index contributed by atoms with van der Waals surface area (Å²) >= 11 is 0. The Morgan fingerprint density at radius 3 is 1.61 bits per heavy atom. The molecule has 0 saturated carbocycles. The Hall–Kier alpha value is -5.11. The van der Waals surface area contributed by atoms with Gasteiger partial charge in [0.05, 0.1) is 11.5 Å². The number of pyridine rings is 1. The fraction of sp³-hybridized carbons (Fsp3) is 0.100. The molecule has 5 aromatic rings. The molecule has 3 aromatic carbocycles. The van der Waals surface area contributed by atoms with E-state index in [-0.39, 0.29) is 17.3 Å². The zero-order valence-corrected chi connectivity index (χ0v) is 20.7. The molecule has 0 aliphatic rings. The normalized spacial score (nSPS) is 10.6. The standard InChI is InChI=1S/C30H26N6O2/c37-36(38)28-29(34(20-24-12-4-1-5-13-24)21-25-14-6-2-7-15-25)32-23-33-30(28)35(27-18-10-11-19-31-27)22-26-16-8-3-9-17-26/h1-19,23H,20-22H2. The minimum Gasteiger partial charge on any atom is -0.342 e. The average Bonchev–Trinajstić information content (AvgIpc) is 2.97. The predicted octanol–water partition coefficient (Wildman–Crippen LogP) is 6.32. The van der Waals surface area contributed by atoms with Gasteiger partial charge in [-0.05, 0) is 28.8 Å². The largest absolute Gasteiger partial charge is 0.354 e. The quantitative estimate of drug-likeness (QED) is 0.163. The van der Waals surface area contributed by atoms with Crippen molar-refractivity contribution in [2.75, 3.05) is 9.80 Å². The van der Waals surface area contributed by atoms with Crippen molar-refractivity contribution in [3.05, 3.63) is 149 Å². The number of benzene rings is 3. The van der Waals surface area contributed by atoms with E-state index in [0.717, 1.165) is 16.7 Å². The fourth-order valence-electron chi connectivity index (χ4n) is 4.31. The topological polar surface area (TPSA) is 88.3 Å². The van der Waals surface area contributed by atoms with Gasteiger partial charge in [0.1, 0.15) is 12.1 Å². The van der Waals surface area contributed by atoms with Gasteiger partial charge in [-0.3, -0.25) is 10.1 Å². The van der Waals surface area contributed by atoms with Gasteiger partial charge in [-0.2, -0.15) is 0 Å². The minimum atomic E-state index is -0.394.